The fraction of sp³-hybridized carbons (Fsp3) is 1.00. The van der Waals surface area contributed by atoms with Crippen molar-refractivity contribution in [3.05, 3.63) is 0 Å². The molecule has 0 unspecified atom stereocenters. The molecule has 0 aromatic rings. The fourth-order valence-corrected chi connectivity index (χ4v) is 3.18. The van der Waals surface area contributed by atoms with Gasteiger partial charge in [0.25, 0.3) is 0 Å². The van der Waals surface area contributed by atoms with Gasteiger partial charge in [-0.05, 0) is 37.8 Å². The van der Waals surface area contributed by atoms with E-state index in [4.69, 9.17) is 10.2 Å². The van der Waals surface area contributed by atoms with Crippen molar-refractivity contribution in [2.75, 3.05) is 52.5 Å². The van der Waals surface area contributed by atoms with Gasteiger partial charge < -0.3 is 20.0 Å². The van der Waals surface area contributed by atoms with Crippen molar-refractivity contribution < 1.29 is 10.2 Å². The van der Waals surface area contributed by atoms with E-state index >= 15 is 0 Å². The molecule has 16 heavy (non-hydrogen) atoms. The Kier molecular flexibility index (Phi) is 4.58. The summed E-state index contributed by atoms with van der Waals surface area (Å²) in [5.41, 5.74) is 0. The van der Waals surface area contributed by atoms with Gasteiger partial charge in [0.2, 0.25) is 0 Å². The van der Waals surface area contributed by atoms with E-state index in [0.29, 0.717) is 0 Å². The molecule has 0 aromatic carbocycles. The van der Waals surface area contributed by atoms with Crippen molar-refractivity contribution in [2.45, 2.75) is 12.8 Å². The number of hydrogen-bond donors (Lipinski definition) is 2. The molecule has 2 atom stereocenters. The molecule has 2 aliphatic rings. The van der Waals surface area contributed by atoms with Gasteiger partial charge in [-0.3, -0.25) is 0 Å². The number of β-amino-alcohol motifs (C(OH)–C–C–N with tert-alkyl or cyclic N) is 2. The summed E-state index contributed by atoms with van der Waals surface area (Å²) in [6.45, 7) is 6.84. The Labute approximate surface area is 97.9 Å². The summed E-state index contributed by atoms with van der Waals surface area (Å²) < 4.78 is 0. The molecule has 0 spiro atoms. The molecule has 2 rings (SSSR count). The van der Waals surface area contributed by atoms with Crippen LogP contribution in [0.25, 0.3) is 0 Å². The lowest BCUT2D eigenvalue weighted by Crippen LogP contribution is -2.50. The molecule has 0 amide bonds. The third-order valence-corrected chi connectivity index (χ3v) is 4.12. The van der Waals surface area contributed by atoms with Gasteiger partial charge in [-0.15, -0.1) is 0 Å². The van der Waals surface area contributed by atoms with Crippen molar-refractivity contribution in [1.82, 2.24) is 9.80 Å². The minimum Gasteiger partial charge on any atom is -0.395 e. The Hall–Kier alpha value is -0.160. The number of piperidine rings is 2. The van der Waals surface area contributed by atoms with Gasteiger partial charge in [-0.1, -0.05) is 0 Å². The Balaban J connectivity index is 1.80. The Morgan fingerprint density at radius 2 is 1.25 bits per heavy atom. The van der Waals surface area contributed by atoms with Crippen LogP contribution in [0.3, 0.4) is 0 Å². The van der Waals surface area contributed by atoms with Crippen molar-refractivity contribution in [3.63, 3.8) is 0 Å². The third kappa shape index (κ3) is 2.94. The first-order chi connectivity index (χ1) is 7.83. The smallest absolute Gasteiger partial charge is 0.0558 e. The van der Waals surface area contributed by atoms with Gasteiger partial charge in [0.05, 0.1) is 13.2 Å². The molecule has 0 aliphatic carbocycles. The SMILES string of the molecule is OCCN1CC[C@H]2CN(CCO)CC[C@H]2C1. The van der Waals surface area contributed by atoms with Gasteiger partial charge in [0.1, 0.15) is 0 Å². The van der Waals surface area contributed by atoms with E-state index < -0.39 is 0 Å². The van der Waals surface area contributed by atoms with Gasteiger partial charge >= 0.3 is 0 Å². The quantitative estimate of drug-likeness (QED) is 0.688. The summed E-state index contributed by atoms with van der Waals surface area (Å²) in [6.07, 6.45) is 2.51. The lowest BCUT2D eigenvalue weighted by atomic mass is 9.80. The van der Waals surface area contributed by atoms with E-state index in [0.717, 1.165) is 51.1 Å². The Morgan fingerprint density at radius 1 is 0.812 bits per heavy atom. The molecule has 4 heteroatoms. The van der Waals surface area contributed by atoms with Crippen LogP contribution in [0, 0.1) is 11.8 Å². The number of hydrogen-bond acceptors (Lipinski definition) is 4. The molecule has 2 N–H and O–H groups in total. The zero-order chi connectivity index (χ0) is 11.4. The molecule has 0 bridgehead atoms. The van der Waals surface area contributed by atoms with Crippen molar-refractivity contribution >= 4 is 0 Å². The molecular weight excluding hydrogens is 204 g/mol. The van der Waals surface area contributed by atoms with Crippen LogP contribution in [0.15, 0.2) is 0 Å². The number of likely N-dealkylation sites (tertiary alicyclic amines) is 2. The van der Waals surface area contributed by atoms with Crippen LogP contribution >= 0.6 is 0 Å². The first-order valence-electron chi connectivity index (χ1n) is 6.50. The molecule has 0 aromatic heterocycles. The highest BCUT2D eigenvalue weighted by Gasteiger charge is 2.33. The Bertz CT molecular complexity index is 191. The largest absolute Gasteiger partial charge is 0.395 e. The van der Waals surface area contributed by atoms with E-state index in [-0.39, 0.29) is 13.2 Å². The van der Waals surface area contributed by atoms with Crippen LogP contribution in [-0.2, 0) is 0 Å². The predicted molar refractivity (Wildman–Crippen MR) is 63.3 cm³/mol. The number of rotatable bonds is 4. The molecule has 2 heterocycles. The fourth-order valence-electron chi connectivity index (χ4n) is 3.18. The molecular formula is C12H24N2O2. The van der Waals surface area contributed by atoms with Crippen LogP contribution in [0.1, 0.15) is 12.8 Å². The van der Waals surface area contributed by atoms with E-state index in [9.17, 15) is 0 Å². The second-order valence-electron chi connectivity index (χ2n) is 5.15. The minimum absolute atomic E-state index is 0.286. The number of aliphatic hydroxyl groups is 2. The Morgan fingerprint density at radius 3 is 1.62 bits per heavy atom. The average Bonchev–Trinajstić information content (AvgIpc) is 2.30. The topological polar surface area (TPSA) is 46.9 Å². The van der Waals surface area contributed by atoms with Crippen LogP contribution in [-0.4, -0.2) is 72.5 Å². The number of nitrogens with zero attached hydrogens (tertiary/aromatic N) is 2. The second kappa shape index (κ2) is 5.96. The van der Waals surface area contributed by atoms with E-state index in [1.807, 2.05) is 0 Å². The normalized spacial score (nSPS) is 32.6. The minimum atomic E-state index is 0.286. The van der Waals surface area contributed by atoms with Crippen LogP contribution in [0.4, 0.5) is 0 Å². The molecule has 94 valence electrons. The first-order valence-corrected chi connectivity index (χ1v) is 6.50. The van der Waals surface area contributed by atoms with E-state index in [2.05, 4.69) is 9.80 Å². The summed E-state index contributed by atoms with van der Waals surface area (Å²) >= 11 is 0. The van der Waals surface area contributed by atoms with Crippen LogP contribution in [0.5, 0.6) is 0 Å². The summed E-state index contributed by atoms with van der Waals surface area (Å²) in [6, 6.07) is 0. The van der Waals surface area contributed by atoms with Crippen LogP contribution in [0.2, 0.25) is 0 Å². The highest BCUT2D eigenvalue weighted by Crippen LogP contribution is 2.30. The van der Waals surface area contributed by atoms with Gasteiger partial charge in [-0.25, -0.2) is 0 Å². The highest BCUT2D eigenvalue weighted by atomic mass is 16.3. The van der Waals surface area contributed by atoms with Crippen molar-refractivity contribution in [2.24, 2.45) is 11.8 Å². The molecule has 2 fully saturated rings. The van der Waals surface area contributed by atoms with Crippen molar-refractivity contribution in [3.8, 4) is 0 Å². The maximum Gasteiger partial charge on any atom is 0.0558 e. The summed E-state index contributed by atoms with van der Waals surface area (Å²) in [5, 5.41) is 17.9. The second-order valence-corrected chi connectivity index (χ2v) is 5.15. The van der Waals surface area contributed by atoms with E-state index in [1.165, 1.54) is 12.8 Å². The van der Waals surface area contributed by atoms with E-state index in [1.54, 1.807) is 0 Å². The third-order valence-electron chi connectivity index (χ3n) is 4.12. The molecule has 4 nitrogen and oxygen atoms in total. The van der Waals surface area contributed by atoms with Gasteiger partial charge in [0, 0.05) is 26.2 Å². The van der Waals surface area contributed by atoms with Crippen LogP contribution < -0.4 is 0 Å². The van der Waals surface area contributed by atoms with Gasteiger partial charge in [0.15, 0.2) is 0 Å². The predicted octanol–water partition coefficient (Wildman–Crippen LogP) is -0.385. The number of fused-ring (bicyclic) bond motifs is 1. The molecule has 0 saturated carbocycles. The van der Waals surface area contributed by atoms with Crippen molar-refractivity contribution in [1.29, 1.82) is 0 Å². The lowest BCUT2D eigenvalue weighted by molar-refractivity contribution is 0.0305. The average molecular weight is 228 g/mol. The zero-order valence-electron chi connectivity index (χ0n) is 10.0. The summed E-state index contributed by atoms with van der Waals surface area (Å²) in [4.78, 5) is 4.78. The molecule has 2 saturated heterocycles. The number of aliphatic hydroxyl groups excluding tert-OH is 2. The maximum atomic E-state index is 8.95. The zero-order valence-corrected chi connectivity index (χ0v) is 10.0. The lowest BCUT2D eigenvalue weighted by Gasteiger charge is -2.44. The maximum absolute atomic E-state index is 8.95. The monoisotopic (exact) mass is 228 g/mol. The summed E-state index contributed by atoms with van der Waals surface area (Å²) in [5.74, 6) is 1.63. The highest BCUT2D eigenvalue weighted by molar-refractivity contribution is 4.86. The molecule has 0 radical (unpaired) electrons. The first kappa shape index (κ1) is 12.3. The van der Waals surface area contributed by atoms with Gasteiger partial charge in [-0.2, -0.15) is 0 Å². The standard InChI is InChI=1S/C12H24N2O2/c15-7-5-13-3-1-11-9-14(6-8-16)4-2-12(11)10-13/h11-12,15-16H,1-10H2/t11-,12-/m0/s1. The molecule has 2 aliphatic heterocycles. The summed E-state index contributed by atoms with van der Waals surface area (Å²) in [7, 11) is 0.